The topological polar surface area (TPSA) is 83.0 Å². The number of aromatic nitrogens is 3. The molecule has 122 valence electrons. The Kier molecular flexibility index (Phi) is 3.57. The molecule has 0 spiro atoms. The van der Waals surface area contributed by atoms with E-state index >= 15 is 0 Å². The average Bonchev–Trinajstić information content (AvgIpc) is 3.09. The number of rotatable bonds is 4. The van der Waals surface area contributed by atoms with Gasteiger partial charge in [-0.15, -0.1) is 11.3 Å². The molecule has 4 rings (SSSR count). The zero-order valence-electron chi connectivity index (χ0n) is 13.2. The molecule has 0 fully saturated rings. The fourth-order valence-electron chi connectivity index (χ4n) is 3.13. The standard InChI is InChI=1S/C17H16N4O2S/c1-21-16-10(8-20-21)4-5-12-13(7-14(18)22)24-17(15(12)16)23-11-3-2-6-19-9-11/h2-3,6,8-9H,4-5,7H2,1H3,(H2,18,22). The van der Waals surface area contributed by atoms with Crippen molar-refractivity contribution >= 4 is 17.2 Å². The van der Waals surface area contributed by atoms with E-state index in [-0.39, 0.29) is 12.3 Å². The molecule has 0 saturated heterocycles. The van der Waals surface area contributed by atoms with Gasteiger partial charge in [-0.05, 0) is 36.1 Å². The third kappa shape index (κ3) is 2.46. The summed E-state index contributed by atoms with van der Waals surface area (Å²) < 4.78 is 7.95. The van der Waals surface area contributed by atoms with Crippen molar-refractivity contribution in [2.45, 2.75) is 19.3 Å². The highest BCUT2D eigenvalue weighted by Gasteiger charge is 2.29. The fraction of sp³-hybridized carbons (Fsp3) is 0.235. The van der Waals surface area contributed by atoms with Crippen molar-refractivity contribution in [2.24, 2.45) is 12.8 Å². The summed E-state index contributed by atoms with van der Waals surface area (Å²) in [5.41, 5.74) is 9.86. The van der Waals surface area contributed by atoms with Crippen LogP contribution in [0.3, 0.4) is 0 Å². The van der Waals surface area contributed by atoms with Gasteiger partial charge in [-0.1, -0.05) is 0 Å². The molecule has 1 amide bonds. The lowest BCUT2D eigenvalue weighted by atomic mass is 9.91. The van der Waals surface area contributed by atoms with E-state index in [1.54, 1.807) is 12.4 Å². The Labute approximate surface area is 142 Å². The van der Waals surface area contributed by atoms with E-state index in [0.29, 0.717) is 5.75 Å². The molecule has 1 aliphatic carbocycles. The van der Waals surface area contributed by atoms with Crippen molar-refractivity contribution in [1.82, 2.24) is 14.8 Å². The molecule has 3 heterocycles. The van der Waals surface area contributed by atoms with Crippen LogP contribution in [0.25, 0.3) is 11.3 Å². The predicted molar refractivity (Wildman–Crippen MR) is 91.1 cm³/mol. The minimum Gasteiger partial charge on any atom is -0.444 e. The van der Waals surface area contributed by atoms with Gasteiger partial charge in [0.2, 0.25) is 5.91 Å². The summed E-state index contributed by atoms with van der Waals surface area (Å²) in [4.78, 5) is 16.5. The molecule has 6 nitrogen and oxygen atoms in total. The van der Waals surface area contributed by atoms with Crippen LogP contribution in [0, 0.1) is 0 Å². The minimum atomic E-state index is -0.331. The SMILES string of the molecule is Cn1ncc2c1-c1c(Oc3cccnc3)sc(CC(N)=O)c1CC2. The van der Waals surface area contributed by atoms with Crippen LogP contribution in [0.4, 0.5) is 0 Å². The van der Waals surface area contributed by atoms with Gasteiger partial charge in [0.15, 0.2) is 5.06 Å². The Balaban J connectivity index is 1.86. The van der Waals surface area contributed by atoms with Crippen LogP contribution in [-0.4, -0.2) is 20.7 Å². The van der Waals surface area contributed by atoms with Gasteiger partial charge in [0.1, 0.15) is 5.75 Å². The lowest BCUT2D eigenvalue weighted by molar-refractivity contribution is -0.117. The van der Waals surface area contributed by atoms with Crippen LogP contribution in [-0.2, 0) is 31.1 Å². The first kappa shape index (κ1) is 14.9. The van der Waals surface area contributed by atoms with Crippen LogP contribution in [0.1, 0.15) is 16.0 Å². The van der Waals surface area contributed by atoms with Gasteiger partial charge in [-0.25, -0.2) is 0 Å². The summed E-state index contributed by atoms with van der Waals surface area (Å²) >= 11 is 1.48. The molecular formula is C17H16N4O2S. The Morgan fingerprint density at radius 3 is 3.04 bits per heavy atom. The number of nitrogens with zero attached hydrogens (tertiary/aromatic N) is 3. The number of primary amides is 1. The zero-order valence-corrected chi connectivity index (χ0v) is 14.0. The lowest BCUT2D eigenvalue weighted by Crippen LogP contribution is -2.14. The summed E-state index contributed by atoms with van der Waals surface area (Å²) in [6.45, 7) is 0. The Morgan fingerprint density at radius 2 is 2.29 bits per heavy atom. The number of ether oxygens (including phenoxy) is 1. The summed E-state index contributed by atoms with van der Waals surface area (Å²) in [5.74, 6) is 0.337. The maximum atomic E-state index is 11.4. The van der Waals surface area contributed by atoms with Crippen molar-refractivity contribution < 1.29 is 9.53 Å². The smallest absolute Gasteiger partial charge is 0.222 e. The molecule has 0 atom stereocenters. The number of hydrogen-bond donors (Lipinski definition) is 1. The summed E-state index contributed by atoms with van der Waals surface area (Å²) in [5, 5.41) is 5.14. The molecule has 0 radical (unpaired) electrons. The first-order valence-electron chi connectivity index (χ1n) is 7.65. The highest BCUT2D eigenvalue weighted by atomic mass is 32.1. The number of pyridine rings is 1. The van der Waals surface area contributed by atoms with Gasteiger partial charge in [0.05, 0.1) is 30.1 Å². The quantitative estimate of drug-likeness (QED) is 0.791. The third-order valence-corrected chi connectivity index (χ3v) is 5.24. The fourth-order valence-corrected chi connectivity index (χ4v) is 4.35. The number of carbonyl (C=O) groups excluding carboxylic acids is 1. The molecule has 2 N–H and O–H groups in total. The number of fused-ring (bicyclic) bond motifs is 3. The number of thiophene rings is 1. The molecule has 3 aromatic heterocycles. The highest BCUT2D eigenvalue weighted by molar-refractivity contribution is 7.14. The van der Waals surface area contributed by atoms with E-state index in [9.17, 15) is 4.79 Å². The number of amides is 1. The van der Waals surface area contributed by atoms with Gasteiger partial charge in [-0.3, -0.25) is 14.5 Å². The predicted octanol–water partition coefficient (Wildman–Crippen LogP) is 2.46. The largest absolute Gasteiger partial charge is 0.444 e. The van der Waals surface area contributed by atoms with E-state index in [1.165, 1.54) is 16.9 Å². The van der Waals surface area contributed by atoms with Crippen molar-refractivity contribution in [2.75, 3.05) is 0 Å². The first-order chi connectivity index (χ1) is 11.6. The number of hydrogen-bond acceptors (Lipinski definition) is 5. The number of aryl methyl sites for hydroxylation is 2. The first-order valence-corrected chi connectivity index (χ1v) is 8.47. The second-order valence-corrected chi connectivity index (χ2v) is 6.81. The summed E-state index contributed by atoms with van der Waals surface area (Å²) in [6.07, 6.45) is 7.28. The third-order valence-electron chi connectivity index (χ3n) is 4.13. The van der Waals surface area contributed by atoms with Gasteiger partial charge in [0.25, 0.3) is 0 Å². The normalized spacial score (nSPS) is 12.5. The Hall–Kier alpha value is -2.67. The number of carbonyl (C=O) groups is 1. The van der Waals surface area contributed by atoms with E-state index in [1.807, 2.05) is 30.1 Å². The van der Waals surface area contributed by atoms with Crippen molar-refractivity contribution in [3.63, 3.8) is 0 Å². The maximum absolute atomic E-state index is 11.4. The van der Waals surface area contributed by atoms with E-state index < -0.39 is 0 Å². The van der Waals surface area contributed by atoms with Gasteiger partial charge in [-0.2, -0.15) is 5.10 Å². The molecule has 0 unspecified atom stereocenters. The second-order valence-electron chi connectivity index (χ2n) is 5.74. The number of nitrogens with two attached hydrogens (primary N) is 1. The molecule has 3 aromatic rings. The molecular weight excluding hydrogens is 324 g/mol. The Morgan fingerprint density at radius 1 is 1.42 bits per heavy atom. The van der Waals surface area contributed by atoms with Gasteiger partial charge < -0.3 is 10.5 Å². The van der Waals surface area contributed by atoms with Crippen LogP contribution in [0.2, 0.25) is 0 Å². The van der Waals surface area contributed by atoms with Gasteiger partial charge >= 0.3 is 0 Å². The molecule has 0 aliphatic heterocycles. The maximum Gasteiger partial charge on any atom is 0.222 e. The monoisotopic (exact) mass is 340 g/mol. The van der Waals surface area contributed by atoms with Crippen molar-refractivity contribution in [3.05, 3.63) is 46.7 Å². The van der Waals surface area contributed by atoms with E-state index in [4.69, 9.17) is 10.5 Å². The van der Waals surface area contributed by atoms with Crippen LogP contribution in [0.15, 0.2) is 30.7 Å². The molecule has 0 saturated carbocycles. The lowest BCUT2D eigenvalue weighted by Gasteiger charge is -2.16. The van der Waals surface area contributed by atoms with E-state index in [2.05, 4.69) is 10.1 Å². The second kappa shape index (κ2) is 5.76. The molecule has 0 aromatic carbocycles. The van der Waals surface area contributed by atoms with Crippen LogP contribution >= 0.6 is 11.3 Å². The van der Waals surface area contributed by atoms with E-state index in [0.717, 1.165) is 39.6 Å². The highest BCUT2D eigenvalue weighted by Crippen LogP contribution is 2.48. The van der Waals surface area contributed by atoms with Crippen LogP contribution < -0.4 is 10.5 Å². The summed E-state index contributed by atoms with van der Waals surface area (Å²) in [7, 11) is 1.92. The molecule has 0 bridgehead atoms. The molecule has 24 heavy (non-hydrogen) atoms. The molecule has 7 heteroatoms. The molecule has 1 aliphatic rings. The summed E-state index contributed by atoms with van der Waals surface area (Å²) in [6, 6.07) is 3.69. The van der Waals surface area contributed by atoms with Crippen LogP contribution in [0.5, 0.6) is 10.8 Å². The van der Waals surface area contributed by atoms with Crippen molar-refractivity contribution in [1.29, 1.82) is 0 Å². The zero-order chi connectivity index (χ0) is 16.7. The van der Waals surface area contributed by atoms with Gasteiger partial charge in [0, 0.05) is 18.1 Å². The minimum absolute atomic E-state index is 0.233. The Bertz CT molecular complexity index is 914. The van der Waals surface area contributed by atoms with Crippen molar-refractivity contribution in [3.8, 4) is 22.1 Å². The average molecular weight is 340 g/mol.